The lowest BCUT2D eigenvalue weighted by Crippen LogP contribution is -2.45. The van der Waals surface area contributed by atoms with Crippen molar-refractivity contribution in [3.05, 3.63) is 35.6 Å². The van der Waals surface area contributed by atoms with E-state index >= 15 is 0 Å². The standard InChI is InChI=1S/C17H22FNO3S/c1-16(2)13-7-8-17(16,15(20)9-13)11-23(21,22)19-10-12-3-5-14(18)6-4-12/h3-6,13,19H,7-11H2,1-2H3/t13-,17-/m1/s1. The number of sulfonamides is 1. The molecule has 0 aliphatic heterocycles. The smallest absolute Gasteiger partial charge is 0.212 e. The van der Waals surface area contributed by atoms with Gasteiger partial charge < -0.3 is 0 Å². The summed E-state index contributed by atoms with van der Waals surface area (Å²) in [6.45, 7) is 4.15. The Morgan fingerprint density at radius 3 is 2.43 bits per heavy atom. The van der Waals surface area contributed by atoms with Gasteiger partial charge in [0.05, 0.1) is 5.75 Å². The summed E-state index contributed by atoms with van der Waals surface area (Å²) >= 11 is 0. The molecular formula is C17H22FNO3S. The number of benzene rings is 1. The lowest BCUT2D eigenvalue weighted by Gasteiger charge is -2.36. The zero-order valence-corrected chi connectivity index (χ0v) is 14.2. The van der Waals surface area contributed by atoms with Crippen LogP contribution in [0.1, 0.15) is 38.7 Å². The molecule has 1 aromatic carbocycles. The maximum absolute atomic E-state index is 12.9. The molecule has 3 rings (SSSR count). The van der Waals surface area contributed by atoms with Crippen molar-refractivity contribution in [2.45, 2.75) is 39.7 Å². The fourth-order valence-corrected chi connectivity index (χ4v) is 6.09. The monoisotopic (exact) mass is 339 g/mol. The van der Waals surface area contributed by atoms with Crippen LogP contribution in [0.3, 0.4) is 0 Å². The van der Waals surface area contributed by atoms with Gasteiger partial charge in [-0.3, -0.25) is 4.79 Å². The molecule has 0 aromatic heterocycles. The van der Waals surface area contributed by atoms with Gasteiger partial charge in [-0.15, -0.1) is 0 Å². The third kappa shape index (κ3) is 2.72. The normalized spacial score (nSPS) is 29.2. The van der Waals surface area contributed by atoms with Crippen LogP contribution in [-0.2, 0) is 21.4 Å². The average molecular weight is 339 g/mol. The van der Waals surface area contributed by atoms with Gasteiger partial charge in [0.1, 0.15) is 11.6 Å². The quantitative estimate of drug-likeness (QED) is 0.897. The van der Waals surface area contributed by atoms with E-state index in [2.05, 4.69) is 4.72 Å². The molecular weight excluding hydrogens is 317 g/mol. The van der Waals surface area contributed by atoms with E-state index in [1.165, 1.54) is 12.1 Å². The van der Waals surface area contributed by atoms with Crippen molar-refractivity contribution in [1.82, 2.24) is 4.72 Å². The summed E-state index contributed by atoms with van der Waals surface area (Å²) in [5, 5.41) is 0. The Morgan fingerprint density at radius 2 is 1.91 bits per heavy atom. The number of Topliss-reactive ketones (excluding diaryl/α,β-unsaturated/α-hetero) is 1. The van der Waals surface area contributed by atoms with Crippen LogP contribution in [0.4, 0.5) is 4.39 Å². The van der Waals surface area contributed by atoms with Gasteiger partial charge in [0.25, 0.3) is 0 Å². The Balaban J connectivity index is 1.73. The molecule has 2 saturated carbocycles. The summed E-state index contributed by atoms with van der Waals surface area (Å²) in [6.07, 6.45) is 2.08. The Labute approximate surface area is 136 Å². The Kier molecular flexibility index (Phi) is 3.88. The number of ketones is 1. The van der Waals surface area contributed by atoms with E-state index in [1.807, 2.05) is 13.8 Å². The third-order valence-electron chi connectivity index (χ3n) is 5.99. The predicted molar refractivity (Wildman–Crippen MR) is 85.6 cm³/mol. The molecule has 23 heavy (non-hydrogen) atoms. The largest absolute Gasteiger partial charge is 0.299 e. The highest BCUT2D eigenvalue weighted by molar-refractivity contribution is 7.89. The molecule has 1 aromatic rings. The lowest BCUT2D eigenvalue weighted by atomic mass is 9.70. The van der Waals surface area contributed by atoms with Crippen LogP contribution in [0.25, 0.3) is 0 Å². The van der Waals surface area contributed by atoms with Crippen molar-refractivity contribution >= 4 is 15.8 Å². The summed E-state index contributed by atoms with van der Waals surface area (Å²) in [7, 11) is -3.59. The minimum absolute atomic E-state index is 0.0888. The van der Waals surface area contributed by atoms with Gasteiger partial charge in [0, 0.05) is 18.4 Å². The number of halogens is 1. The van der Waals surface area contributed by atoms with E-state index in [-0.39, 0.29) is 29.3 Å². The second kappa shape index (κ2) is 5.38. The van der Waals surface area contributed by atoms with Crippen LogP contribution < -0.4 is 4.72 Å². The minimum atomic E-state index is -3.59. The molecule has 2 bridgehead atoms. The fraction of sp³-hybridized carbons (Fsp3) is 0.588. The Morgan fingerprint density at radius 1 is 1.26 bits per heavy atom. The van der Waals surface area contributed by atoms with Crippen LogP contribution in [0.2, 0.25) is 0 Å². The van der Waals surface area contributed by atoms with E-state index < -0.39 is 15.4 Å². The number of carbonyl (C=O) groups is 1. The average Bonchev–Trinajstić information content (AvgIpc) is 2.80. The first-order chi connectivity index (χ1) is 10.7. The zero-order chi connectivity index (χ0) is 16.9. The third-order valence-corrected chi connectivity index (χ3v) is 7.44. The molecule has 0 radical (unpaired) electrons. The molecule has 2 aliphatic rings. The highest BCUT2D eigenvalue weighted by atomic mass is 32.2. The van der Waals surface area contributed by atoms with Crippen molar-refractivity contribution in [2.24, 2.45) is 16.7 Å². The SMILES string of the molecule is CC1(C)[C@@H]2CC[C@@]1(CS(=O)(=O)NCc1ccc(F)cc1)C(=O)C2. The van der Waals surface area contributed by atoms with Gasteiger partial charge >= 0.3 is 0 Å². The van der Waals surface area contributed by atoms with Crippen molar-refractivity contribution in [2.75, 3.05) is 5.75 Å². The number of nitrogens with one attached hydrogen (secondary N) is 1. The molecule has 4 nitrogen and oxygen atoms in total. The second-order valence-electron chi connectivity index (χ2n) is 7.37. The minimum Gasteiger partial charge on any atom is -0.299 e. The molecule has 2 aliphatic carbocycles. The van der Waals surface area contributed by atoms with Gasteiger partial charge in [0.15, 0.2) is 0 Å². The van der Waals surface area contributed by atoms with E-state index in [0.717, 1.165) is 6.42 Å². The predicted octanol–water partition coefficient (Wildman–Crippen LogP) is 2.64. The van der Waals surface area contributed by atoms with Crippen molar-refractivity contribution in [3.63, 3.8) is 0 Å². The highest BCUT2D eigenvalue weighted by Gasteiger charge is 2.65. The van der Waals surface area contributed by atoms with Crippen LogP contribution in [0.15, 0.2) is 24.3 Å². The molecule has 1 N–H and O–H groups in total. The summed E-state index contributed by atoms with van der Waals surface area (Å²) in [5.74, 6) is -0.122. The number of rotatable bonds is 5. The number of fused-ring (bicyclic) bond motifs is 2. The zero-order valence-electron chi connectivity index (χ0n) is 13.4. The van der Waals surface area contributed by atoms with Gasteiger partial charge in [0.2, 0.25) is 10.0 Å². The van der Waals surface area contributed by atoms with Gasteiger partial charge in [-0.2, -0.15) is 0 Å². The molecule has 0 unspecified atom stereocenters. The molecule has 0 heterocycles. The fourth-order valence-electron chi connectivity index (χ4n) is 4.28. The molecule has 0 spiro atoms. The Hall–Kier alpha value is -1.27. The van der Waals surface area contributed by atoms with E-state index in [4.69, 9.17) is 0 Å². The number of hydrogen-bond donors (Lipinski definition) is 1. The van der Waals surface area contributed by atoms with Crippen molar-refractivity contribution in [1.29, 1.82) is 0 Å². The molecule has 0 saturated heterocycles. The molecule has 126 valence electrons. The summed E-state index contributed by atoms with van der Waals surface area (Å²) in [4.78, 5) is 12.4. The Bertz CT molecular complexity index is 727. The van der Waals surface area contributed by atoms with Crippen molar-refractivity contribution in [3.8, 4) is 0 Å². The van der Waals surface area contributed by atoms with Crippen LogP contribution in [0, 0.1) is 22.6 Å². The van der Waals surface area contributed by atoms with Gasteiger partial charge in [-0.25, -0.2) is 17.5 Å². The first kappa shape index (κ1) is 16.6. The van der Waals surface area contributed by atoms with Crippen molar-refractivity contribution < 1.29 is 17.6 Å². The maximum atomic E-state index is 12.9. The molecule has 2 atom stereocenters. The summed E-state index contributed by atoms with van der Waals surface area (Å²) < 4.78 is 40.5. The molecule has 6 heteroatoms. The maximum Gasteiger partial charge on any atom is 0.212 e. The highest BCUT2D eigenvalue weighted by Crippen LogP contribution is 2.64. The van der Waals surface area contributed by atoms with Crippen LogP contribution in [-0.4, -0.2) is 20.0 Å². The van der Waals surface area contributed by atoms with Gasteiger partial charge in [-0.1, -0.05) is 26.0 Å². The van der Waals surface area contributed by atoms with E-state index in [1.54, 1.807) is 12.1 Å². The number of carbonyl (C=O) groups excluding carboxylic acids is 1. The molecule has 0 amide bonds. The van der Waals surface area contributed by atoms with Gasteiger partial charge in [-0.05, 0) is 41.9 Å². The van der Waals surface area contributed by atoms with Crippen LogP contribution >= 0.6 is 0 Å². The lowest BCUT2D eigenvalue weighted by molar-refractivity contribution is -0.128. The van der Waals surface area contributed by atoms with Crippen LogP contribution in [0.5, 0.6) is 0 Å². The first-order valence-electron chi connectivity index (χ1n) is 7.91. The number of hydrogen-bond acceptors (Lipinski definition) is 3. The molecule has 2 fully saturated rings. The van der Waals surface area contributed by atoms with E-state index in [0.29, 0.717) is 24.3 Å². The van der Waals surface area contributed by atoms with E-state index in [9.17, 15) is 17.6 Å². The summed E-state index contributed by atoms with van der Waals surface area (Å²) in [5.41, 5.74) is -0.338. The summed E-state index contributed by atoms with van der Waals surface area (Å²) in [6, 6.07) is 5.69. The second-order valence-corrected chi connectivity index (χ2v) is 9.18. The first-order valence-corrected chi connectivity index (χ1v) is 9.57. The topological polar surface area (TPSA) is 63.2 Å².